The van der Waals surface area contributed by atoms with E-state index in [1.54, 1.807) is 30.6 Å². The molecule has 18 heteroatoms. The standard InChI is InChI=1S/C42H39ClFN11O5/c43-24-7-11-46-32(18-24)48-37(57)23-1-3-28(30(44)17-23)34-35-36(45)47-12-16-54(35)41(50-34)51-14-9-42(10-15-51)21-53(22-42)26-8-13-52(20-26)25-2-4-27-29(19-25)40(60)55(39(27)59)31-5-6-33(56)49-38(31)58/h1-4,7,11-12,16-19,26,31H,5-6,8-10,13-15,20-22H2,(H2,45,47)(H,46,48,57)(H,49,56,58)/t26-,31?/m1/s1. The van der Waals surface area contributed by atoms with Crippen molar-refractivity contribution in [2.24, 2.45) is 5.41 Å². The highest BCUT2D eigenvalue weighted by molar-refractivity contribution is 6.30. The minimum Gasteiger partial charge on any atom is -0.382 e. The fourth-order valence-corrected chi connectivity index (χ4v) is 9.63. The van der Waals surface area contributed by atoms with Crippen LogP contribution in [0.25, 0.3) is 16.8 Å². The van der Waals surface area contributed by atoms with E-state index in [-0.39, 0.29) is 52.1 Å². The number of nitrogens with zero attached hydrogens (tertiary/aromatic N) is 8. The number of hydrogen-bond acceptors (Lipinski definition) is 12. The first-order chi connectivity index (χ1) is 28.9. The minimum absolute atomic E-state index is 0.0742. The van der Waals surface area contributed by atoms with Gasteiger partial charge in [0.2, 0.25) is 17.8 Å². The molecule has 0 aliphatic carbocycles. The number of amides is 5. The zero-order chi connectivity index (χ0) is 41.4. The second kappa shape index (κ2) is 14.4. The number of piperidine rings is 2. The molecule has 60 heavy (non-hydrogen) atoms. The Morgan fingerprint density at radius 3 is 2.45 bits per heavy atom. The van der Waals surface area contributed by atoms with Crippen LogP contribution in [-0.4, -0.2) is 110 Å². The van der Waals surface area contributed by atoms with Crippen LogP contribution in [0, 0.1) is 11.2 Å². The molecule has 4 fully saturated rings. The Morgan fingerprint density at radius 1 is 0.900 bits per heavy atom. The van der Waals surface area contributed by atoms with E-state index in [1.165, 1.54) is 24.4 Å². The number of imide groups is 2. The average molecular weight is 832 g/mol. The first kappa shape index (κ1) is 37.8. The Hall–Kier alpha value is -6.46. The number of rotatable bonds is 7. The van der Waals surface area contributed by atoms with Gasteiger partial charge in [0.1, 0.15) is 34.7 Å². The Bertz CT molecular complexity index is 2660. The highest BCUT2D eigenvalue weighted by Gasteiger charge is 2.49. The van der Waals surface area contributed by atoms with Gasteiger partial charge in [-0.25, -0.2) is 19.3 Å². The molecule has 0 bridgehead atoms. The Morgan fingerprint density at radius 2 is 1.68 bits per heavy atom. The summed E-state index contributed by atoms with van der Waals surface area (Å²) in [5, 5.41) is 5.28. The number of imidazole rings is 1. The minimum atomic E-state index is -0.997. The number of fused-ring (bicyclic) bond motifs is 2. The van der Waals surface area contributed by atoms with Gasteiger partial charge in [-0.2, -0.15) is 0 Å². The first-order valence-electron chi connectivity index (χ1n) is 19.9. The molecule has 16 nitrogen and oxygen atoms in total. The van der Waals surface area contributed by atoms with Gasteiger partial charge in [-0.3, -0.25) is 43.5 Å². The van der Waals surface area contributed by atoms with Crippen molar-refractivity contribution in [3.05, 3.63) is 94.7 Å². The molecule has 0 saturated carbocycles. The third kappa shape index (κ3) is 6.39. The molecule has 4 saturated heterocycles. The number of anilines is 4. The summed E-state index contributed by atoms with van der Waals surface area (Å²) in [6.07, 6.45) is 7.91. The fourth-order valence-electron chi connectivity index (χ4n) is 9.47. The molecule has 1 spiro atoms. The van der Waals surface area contributed by atoms with Gasteiger partial charge in [-0.1, -0.05) is 11.6 Å². The number of benzene rings is 2. The van der Waals surface area contributed by atoms with Crippen LogP contribution in [0.5, 0.6) is 0 Å². The van der Waals surface area contributed by atoms with E-state index in [9.17, 15) is 24.0 Å². The van der Waals surface area contributed by atoms with Crippen LogP contribution in [0.3, 0.4) is 0 Å². The zero-order valence-corrected chi connectivity index (χ0v) is 33.0. The smallest absolute Gasteiger partial charge is 0.262 e. The summed E-state index contributed by atoms with van der Waals surface area (Å²) in [7, 11) is 0. The van der Waals surface area contributed by atoms with Gasteiger partial charge in [0.05, 0.1) is 11.1 Å². The molecule has 3 aromatic heterocycles. The largest absolute Gasteiger partial charge is 0.382 e. The molecule has 5 aromatic rings. The van der Waals surface area contributed by atoms with Crippen molar-refractivity contribution in [2.45, 2.75) is 44.2 Å². The predicted octanol–water partition coefficient (Wildman–Crippen LogP) is 4.00. The van der Waals surface area contributed by atoms with Crippen molar-refractivity contribution in [3.8, 4) is 11.3 Å². The van der Waals surface area contributed by atoms with Crippen molar-refractivity contribution in [1.29, 1.82) is 0 Å². The molecule has 2 aromatic carbocycles. The van der Waals surface area contributed by atoms with Crippen LogP contribution in [0.1, 0.15) is 63.2 Å². The van der Waals surface area contributed by atoms with Gasteiger partial charge in [0.25, 0.3) is 17.7 Å². The van der Waals surface area contributed by atoms with Gasteiger partial charge in [0.15, 0.2) is 0 Å². The summed E-state index contributed by atoms with van der Waals surface area (Å²) in [5.41, 5.74) is 9.09. The molecular formula is C42H39ClFN11O5. The lowest BCUT2D eigenvalue weighted by atomic mass is 9.71. The summed E-state index contributed by atoms with van der Waals surface area (Å²) in [6.45, 7) is 5.05. The van der Waals surface area contributed by atoms with Crippen LogP contribution in [0.4, 0.5) is 27.7 Å². The molecule has 5 amide bonds. The molecule has 4 N–H and O–H groups in total. The van der Waals surface area contributed by atoms with Gasteiger partial charge < -0.3 is 20.9 Å². The van der Waals surface area contributed by atoms with Crippen LogP contribution in [0.2, 0.25) is 5.02 Å². The Kier molecular flexibility index (Phi) is 9.05. The summed E-state index contributed by atoms with van der Waals surface area (Å²) in [6, 6.07) is 11.9. The average Bonchev–Trinajstić information content (AvgIpc) is 3.93. The second-order valence-corrected chi connectivity index (χ2v) is 16.7. The zero-order valence-electron chi connectivity index (χ0n) is 32.2. The third-order valence-electron chi connectivity index (χ3n) is 12.7. The summed E-state index contributed by atoms with van der Waals surface area (Å²) in [5.74, 6) is -2.11. The number of hydrogen-bond donors (Lipinski definition) is 3. The van der Waals surface area contributed by atoms with E-state index in [1.807, 2.05) is 10.5 Å². The fraction of sp³-hybridized carbons (Fsp3) is 0.333. The van der Waals surface area contributed by atoms with E-state index in [0.717, 1.165) is 75.2 Å². The third-order valence-corrected chi connectivity index (χ3v) is 12.9. The summed E-state index contributed by atoms with van der Waals surface area (Å²) in [4.78, 5) is 85.0. The van der Waals surface area contributed by atoms with E-state index < -0.39 is 41.4 Å². The normalized spacial score (nSPS) is 21.5. The quantitative estimate of drug-likeness (QED) is 0.200. The van der Waals surface area contributed by atoms with E-state index in [4.69, 9.17) is 22.3 Å². The number of likely N-dealkylation sites (tertiary alicyclic amines) is 1. The number of nitrogens with one attached hydrogen (secondary N) is 2. The van der Waals surface area contributed by atoms with Crippen LogP contribution in [0.15, 0.2) is 67.1 Å². The molecule has 5 aliphatic rings. The van der Waals surface area contributed by atoms with Crippen molar-refractivity contribution < 1.29 is 28.4 Å². The van der Waals surface area contributed by atoms with Crippen LogP contribution in [-0.2, 0) is 9.59 Å². The lowest BCUT2D eigenvalue weighted by molar-refractivity contribution is -0.136. The summed E-state index contributed by atoms with van der Waals surface area (Å²) < 4.78 is 17.7. The number of nitrogens with two attached hydrogens (primary N) is 1. The van der Waals surface area contributed by atoms with Gasteiger partial charge in [-0.05, 0) is 79.6 Å². The molecule has 1 unspecified atom stereocenters. The van der Waals surface area contributed by atoms with Crippen molar-refractivity contribution in [1.82, 2.24) is 34.5 Å². The number of carbonyl (C=O) groups excluding carboxylic acids is 5. The Labute approximate surface area is 347 Å². The Balaban J connectivity index is 0.783. The number of carbonyl (C=O) groups is 5. The number of nitrogen functional groups attached to an aromatic ring is 1. The van der Waals surface area contributed by atoms with E-state index in [2.05, 4.69) is 35.3 Å². The first-order valence-corrected chi connectivity index (χ1v) is 20.3. The predicted molar refractivity (Wildman–Crippen MR) is 219 cm³/mol. The lowest BCUT2D eigenvalue weighted by Crippen LogP contribution is -2.63. The van der Waals surface area contributed by atoms with E-state index in [0.29, 0.717) is 28.2 Å². The van der Waals surface area contributed by atoms with Gasteiger partial charge in [0, 0.05) is 92.2 Å². The molecule has 306 valence electrons. The lowest BCUT2D eigenvalue weighted by Gasteiger charge is -2.56. The van der Waals surface area contributed by atoms with Gasteiger partial charge >= 0.3 is 0 Å². The molecule has 0 radical (unpaired) electrons. The van der Waals surface area contributed by atoms with Crippen molar-refractivity contribution in [3.63, 3.8) is 0 Å². The van der Waals surface area contributed by atoms with Crippen molar-refractivity contribution >= 4 is 69.9 Å². The van der Waals surface area contributed by atoms with Crippen LogP contribution >= 0.6 is 11.6 Å². The van der Waals surface area contributed by atoms with E-state index >= 15 is 4.39 Å². The molecular weight excluding hydrogens is 793 g/mol. The highest BCUT2D eigenvalue weighted by atomic mass is 35.5. The maximum atomic E-state index is 15.8. The topological polar surface area (TPSA) is 191 Å². The van der Waals surface area contributed by atoms with Crippen LogP contribution < -0.4 is 26.2 Å². The SMILES string of the molecule is Nc1nccn2c(N3CCC4(CC3)CN([C@@H]3CCN(c5ccc6c(c5)C(=O)N(C5CCC(=O)NC5=O)C6=O)C3)C4)nc(-c3ccc(C(=O)Nc4cc(Cl)ccn4)cc3F)c12. The molecule has 2 atom stereocenters. The molecule has 5 aliphatic heterocycles. The molecule has 10 rings (SSSR count). The number of aromatic nitrogens is 4. The highest BCUT2D eigenvalue weighted by Crippen LogP contribution is 2.44. The monoisotopic (exact) mass is 831 g/mol. The second-order valence-electron chi connectivity index (χ2n) is 16.3. The molecule has 8 heterocycles. The number of halogens is 2. The van der Waals surface area contributed by atoms with Gasteiger partial charge in [-0.15, -0.1) is 0 Å². The number of pyridine rings is 1. The maximum absolute atomic E-state index is 15.8. The van der Waals surface area contributed by atoms with Crippen molar-refractivity contribution in [2.75, 3.05) is 60.1 Å². The maximum Gasteiger partial charge on any atom is 0.262 e. The summed E-state index contributed by atoms with van der Waals surface area (Å²) >= 11 is 6.01.